The first-order valence-corrected chi connectivity index (χ1v) is 5.33. The zero-order chi connectivity index (χ0) is 12.5. The Balaban J connectivity index is 2.18. The van der Waals surface area contributed by atoms with Gasteiger partial charge in [-0.2, -0.15) is 0 Å². The van der Waals surface area contributed by atoms with Gasteiger partial charge in [-0.05, 0) is 31.0 Å². The second kappa shape index (κ2) is 4.25. The van der Waals surface area contributed by atoms with Gasteiger partial charge in [-0.1, -0.05) is 6.07 Å². The number of hydrogen-bond acceptors (Lipinski definition) is 4. The van der Waals surface area contributed by atoms with E-state index in [9.17, 15) is 9.90 Å². The molecule has 1 aromatic rings. The van der Waals surface area contributed by atoms with Crippen LogP contribution in [0.5, 0.6) is 11.5 Å². The van der Waals surface area contributed by atoms with Crippen molar-refractivity contribution in [2.75, 3.05) is 6.79 Å². The Hall–Kier alpha value is -1.75. The second-order valence-electron chi connectivity index (χ2n) is 4.24. The van der Waals surface area contributed by atoms with Crippen LogP contribution in [0, 0.1) is 0 Å². The first kappa shape index (κ1) is 11.7. The van der Waals surface area contributed by atoms with Gasteiger partial charge in [0.25, 0.3) is 0 Å². The molecule has 0 saturated heterocycles. The molecule has 0 fully saturated rings. The molecule has 0 amide bonds. The molecule has 0 spiro atoms. The minimum absolute atomic E-state index is 0.0819. The molecule has 5 heteroatoms. The van der Waals surface area contributed by atoms with Gasteiger partial charge in [0, 0.05) is 6.42 Å². The molecule has 0 saturated carbocycles. The molecule has 5 nitrogen and oxygen atoms in total. The molecule has 2 N–H and O–H groups in total. The van der Waals surface area contributed by atoms with E-state index in [-0.39, 0.29) is 19.6 Å². The van der Waals surface area contributed by atoms with Crippen molar-refractivity contribution < 1.29 is 24.5 Å². The average Bonchev–Trinajstić information content (AvgIpc) is 2.73. The summed E-state index contributed by atoms with van der Waals surface area (Å²) in [5.41, 5.74) is -0.553. The molecule has 1 heterocycles. The molecular weight excluding hydrogens is 224 g/mol. The maximum Gasteiger partial charge on any atom is 0.303 e. The number of carbonyl (C=O) groups is 1. The lowest BCUT2D eigenvalue weighted by atomic mass is 9.91. The van der Waals surface area contributed by atoms with E-state index in [0.29, 0.717) is 17.1 Å². The summed E-state index contributed by atoms with van der Waals surface area (Å²) in [6.45, 7) is 1.77. The molecule has 1 aliphatic heterocycles. The van der Waals surface area contributed by atoms with E-state index >= 15 is 0 Å². The molecule has 92 valence electrons. The number of aliphatic hydroxyl groups is 1. The highest BCUT2D eigenvalue weighted by atomic mass is 16.7. The van der Waals surface area contributed by atoms with Gasteiger partial charge in [0.1, 0.15) is 0 Å². The Bertz CT molecular complexity index is 439. The molecule has 17 heavy (non-hydrogen) atoms. The predicted molar refractivity (Wildman–Crippen MR) is 59.0 cm³/mol. The molecule has 0 radical (unpaired) electrons. The summed E-state index contributed by atoms with van der Waals surface area (Å²) in [5, 5.41) is 18.8. The summed E-state index contributed by atoms with van der Waals surface area (Å²) in [6, 6.07) is 5.12. The van der Waals surface area contributed by atoms with Gasteiger partial charge < -0.3 is 19.7 Å². The van der Waals surface area contributed by atoms with Gasteiger partial charge in [-0.25, -0.2) is 0 Å². The molecule has 0 bridgehead atoms. The highest BCUT2D eigenvalue weighted by Gasteiger charge is 2.26. The molecule has 0 aromatic heterocycles. The number of carboxylic acid groups (broad SMARTS) is 1. The van der Waals surface area contributed by atoms with Crippen molar-refractivity contribution in [2.24, 2.45) is 0 Å². The summed E-state index contributed by atoms with van der Waals surface area (Å²) in [6.07, 6.45) is 0.0728. The third-order valence-corrected chi connectivity index (χ3v) is 2.82. The van der Waals surface area contributed by atoms with Crippen LogP contribution in [0.15, 0.2) is 18.2 Å². The fraction of sp³-hybridized carbons (Fsp3) is 0.417. The van der Waals surface area contributed by atoms with Gasteiger partial charge in [0.2, 0.25) is 6.79 Å². The quantitative estimate of drug-likeness (QED) is 0.831. The van der Waals surface area contributed by atoms with E-state index in [1.54, 1.807) is 25.1 Å². The van der Waals surface area contributed by atoms with Gasteiger partial charge in [-0.3, -0.25) is 4.79 Å². The highest BCUT2D eigenvalue weighted by molar-refractivity contribution is 5.66. The van der Waals surface area contributed by atoms with Gasteiger partial charge in [-0.15, -0.1) is 0 Å². The van der Waals surface area contributed by atoms with Crippen LogP contribution < -0.4 is 9.47 Å². The van der Waals surface area contributed by atoms with Crippen LogP contribution in [-0.4, -0.2) is 23.0 Å². The van der Waals surface area contributed by atoms with Crippen LogP contribution in [0.3, 0.4) is 0 Å². The smallest absolute Gasteiger partial charge is 0.303 e. The molecule has 1 aliphatic rings. The maximum absolute atomic E-state index is 10.5. The lowest BCUT2D eigenvalue weighted by molar-refractivity contribution is -0.138. The van der Waals surface area contributed by atoms with Crippen molar-refractivity contribution in [1.82, 2.24) is 0 Å². The van der Waals surface area contributed by atoms with E-state index in [1.807, 2.05) is 0 Å². The third kappa shape index (κ3) is 2.50. The Labute approximate surface area is 98.6 Å². The molecule has 1 atom stereocenters. The number of rotatable bonds is 4. The Morgan fingerprint density at radius 1 is 1.41 bits per heavy atom. The number of carboxylic acids is 1. The number of aliphatic carboxylic acids is 1. The zero-order valence-electron chi connectivity index (χ0n) is 9.47. The molecule has 0 aliphatic carbocycles. The van der Waals surface area contributed by atoms with Crippen LogP contribution in [-0.2, 0) is 10.4 Å². The lowest BCUT2D eigenvalue weighted by Gasteiger charge is -2.23. The SMILES string of the molecule is CC(O)(CCC(=O)O)c1ccc2c(c1)OCO2. The van der Waals surface area contributed by atoms with E-state index in [0.717, 1.165) is 0 Å². The van der Waals surface area contributed by atoms with E-state index in [4.69, 9.17) is 14.6 Å². The van der Waals surface area contributed by atoms with Gasteiger partial charge in [0.15, 0.2) is 11.5 Å². The lowest BCUT2D eigenvalue weighted by Crippen LogP contribution is -2.22. The summed E-state index contributed by atoms with van der Waals surface area (Å²) in [5.74, 6) is 0.298. The van der Waals surface area contributed by atoms with Crippen LogP contribution >= 0.6 is 0 Å². The Morgan fingerprint density at radius 2 is 2.12 bits per heavy atom. The third-order valence-electron chi connectivity index (χ3n) is 2.82. The van der Waals surface area contributed by atoms with E-state index < -0.39 is 11.6 Å². The zero-order valence-corrected chi connectivity index (χ0v) is 9.47. The van der Waals surface area contributed by atoms with E-state index in [1.165, 1.54) is 0 Å². The van der Waals surface area contributed by atoms with E-state index in [2.05, 4.69) is 0 Å². The minimum atomic E-state index is -1.18. The van der Waals surface area contributed by atoms with Crippen molar-refractivity contribution in [3.05, 3.63) is 23.8 Å². The topological polar surface area (TPSA) is 76.0 Å². The van der Waals surface area contributed by atoms with Crippen LogP contribution in [0.25, 0.3) is 0 Å². The molecular formula is C12H14O5. The number of benzene rings is 1. The summed E-state index contributed by atoms with van der Waals surface area (Å²) in [4.78, 5) is 10.5. The first-order valence-electron chi connectivity index (χ1n) is 5.33. The number of hydrogen-bond donors (Lipinski definition) is 2. The van der Waals surface area contributed by atoms with Crippen LogP contribution in [0.1, 0.15) is 25.3 Å². The Morgan fingerprint density at radius 3 is 2.82 bits per heavy atom. The van der Waals surface area contributed by atoms with Crippen molar-refractivity contribution in [1.29, 1.82) is 0 Å². The van der Waals surface area contributed by atoms with Crippen molar-refractivity contribution in [2.45, 2.75) is 25.4 Å². The standard InChI is InChI=1S/C12H14O5/c1-12(15,5-4-11(13)14)8-2-3-9-10(6-8)17-7-16-9/h2-3,6,15H,4-5,7H2,1H3,(H,13,14). The summed E-state index contributed by atoms with van der Waals surface area (Å²) in [7, 11) is 0. The van der Waals surface area contributed by atoms with Crippen molar-refractivity contribution in [3.63, 3.8) is 0 Å². The molecule has 2 rings (SSSR count). The largest absolute Gasteiger partial charge is 0.481 e. The second-order valence-corrected chi connectivity index (χ2v) is 4.24. The van der Waals surface area contributed by atoms with Gasteiger partial charge in [0.05, 0.1) is 5.60 Å². The fourth-order valence-corrected chi connectivity index (χ4v) is 1.73. The average molecular weight is 238 g/mol. The predicted octanol–water partition coefficient (Wildman–Crippen LogP) is 1.49. The van der Waals surface area contributed by atoms with Crippen molar-refractivity contribution >= 4 is 5.97 Å². The monoisotopic (exact) mass is 238 g/mol. The fourth-order valence-electron chi connectivity index (χ4n) is 1.73. The molecule has 1 aromatic carbocycles. The van der Waals surface area contributed by atoms with Crippen LogP contribution in [0.2, 0.25) is 0 Å². The summed E-state index contributed by atoms with van der Waals surface area (Å²) < 4.78 is 10.4. The number of ether oxygens (including phenoxy) is 2. The summed E-state index contributed by atoms with van der Waals surface area (Å²) >= 11 is 0. The highest BCUT2D eigenvalue weighted by Crippen LogP contribution is 2.36. The van der Waals surface area contributed by atoms with Crippen molar-refractivity contribution in [3.8, 4) is 11.5 Å². The number of fused-ring (bicyclic) bond motifs is 1. The normalized spacial score (nSPS) is 16.6. The molecule has 1 unspecified atom stereocenters. The maximum atomic E-state index is 10.5. The first-order chi connectivity index (χ1) is 7.99. The van der Waals surface area contributed by atoms with Gasteiger partial charge >= 0.3 is 5.97 Å². The van der Waals surface area contributed by atoms with Crippen LogP contribution in [0.4, 0.5) is 0 Å². The minimum Gasteiger partial charge on any atom is -0.481 e. The Kier molecular flexibility index (Phi) is 2.93.